The van der Waals surface area contributed by atoms with Gasteiger partial charge in [-0.15, -0.1) is 0 Å². The Kier molecular flexibility index (Phi) is 6.70. The lowest BCUT2D eigenvalue weighted by molar-refractivity contribution is -0.118. The Balaban J connectivity index is 1.43. The lowest BCUT2D eigenvalue weighted by Gasteiger charge is -2.51. The highest BCUT2D eigenvalue weighted by atomic mass is 16.5. The third-order valence-electron chi connectivity index (χ3n) is 7.68. The molecule has 0 aromatic heterocycles. The first-order chi connectivity index (χ1) is 19.0. The minimum absolute atomic E-state index is 0.0858. The molecule has 4 aromatic carbocycles. The van der Waals surface area contributed by atoms with Crippen LogP contribution in [0.3, 0.4) is 0 Å². The van der Waals surface area contributed by atoms with Crippen LogP contribution in [0.4, 0.5) is 11.4 Å². The number of benzene rings is 4. The molecule has 0 saturated heterocycles. The van der Waals surface area contributed by atoms with Crippen LogP contribution in [0.5, 0.6) is 5.75 Å². The van der Waals surface area contributed by atoms with Crippen molar-refractivity contribution in [3.8, 4) is 5.75 Å². The fraction of sp³-hybridized carbons (Fsp3) is 0.229. The molecule has 4 aromatic rings. The molecule has 2 aliphatic rings. The summed E-state index contributed by atoms with van der Waals surface area (Å²) in [6.45, 7) is 5.53. The molecular formula is C35H34N2O2. The van der Waals surface area contributed by atoms with Gasteiger partial charge in [0.2, 0.25) is 0 Å². The van der Waals surface area contributed by atoms with E-state index < -0.39 is 0 Å². The number of allylic oxidation sites excluding steroid dienone is 1. The quantitative estimate of drug-likeness (QED) is 0.262. The second-order valence-electron chi connectivity index (χ2n) is 11.3. The average molecular weight is 515 g/mol. The van der Waals surface area contributed by atoms with Crippen molar-refractivity contribution < 1.29 is 9.53 Å². The summed E-state index contributed by atoms with van der Waals surface area (Å²) < 4.78 is 6.10. The van der Waals surface area contributed by atoms with E-state index in [1.54, 1.807) is 0 Å². The molecule has 0 amide bonds. The number of hydrogen-bond acceptors (Lipinski definition) is 4. The number of anilines is 2. The van der Waals surface area contributed by atoms with E-state index >= 15 is 0 Å². The summed E-state index contributed by atoms with van der Waals surface area (Å²) in [6.07, 6.45) is 1.33. The largest absolute Gasteiger partial charge is 0.489 e. The number of hydrogen-bond donors (Lipinski definition) is 0. The van der Waals surface area contributed by atoms with Gasteiger partial charge in [-0.25, -0.2) is 0 Å². The maximum Gasteiger partial charge on any atom is 0.162 e. The van der Waals surface area contributed by atoms with Gasteiger partial charge >= 0.3 is 0 Å². The first kappa shape index (κ1) is 25.0. The Labute approximate surface area is 231 Å². The molecule has 0 N–H and O–H groups in total. The first-order valence-corrected chi connectivity index (χ1v) is 13.7. The summed E-state index contributed by atoms with van der Waals surface area (Å²) in [7, 11) is 0. The van der Waals surface area contributed by atoms with Gasteiger partial charge in [0.05, 0.1) is 6.54 Å². The molecule has 4 heteroatoms. The van der Waals surface area contributed by atoms with Crippen LogP contribution in [0, 0.1) is 5.41 Å². The van der Waals surface area contributed by atoms with Gasteiger partial charge in [0, 0.05) is 29.1 Å². The minimum atomic E-state index is -0.113. The second-order valence-corrected chi connectivity index (χ2v) is 11.3. The Hall–Kier alpha value is -4.31. The van der Waals surface area contributed by atoms with Crippen molar-refractivity contribution in [1.82, 2.24) is 0 Å². The van der Waals surface area contributed by atoms with Gasteiger partial charge in [0.1, 0.15) is 18.5 Å². The molecule has 1 aliphatic heterocycles. The Morgan fingerprint density at radius 2 is 1.33 bits per heavy atom. The van der Waals surface area contributed by atoms with Crippen molar-refractivity contribution in [3.05, 3.63) is 138 Å². The number of carbonyl (C=O) groups excluding carboxylic acids is 1. The van der Waals surface area contributed by atoms with Gasteiger partial charge in [-0.3, -0.25) is 4.79 Å². The van der Waals surface area contributed by atoms with Crippen molar-refractivity contribution >= 4 is 17.2 Å². The van der Waals surface area contributed by atoms with E-state index in [2.05, 4.69) is 109 Å². The molecule has 1 unspecified atom stereocenters. The Morgan fingerprint density at radius 1 is 0.744 bits per heavy atom. The average Bonchev–Trinajstić information content (AvgIpc) is 2.96. The number of nitrogens with zero attached hydrogens (tertiary/aromatic N) is 2. The summed E-state index contributed by atoms with van der Waals surface area (Å²) >= 11 is 0. The molecular weight excluding hydrogens is 480 g/mol. The number of Topliss-reactive ketones (excluding diaryl/α,β-unsaturated/α-hetero) is 1. The standard InChI is InChI=1S/C35H34N2O2/c1-35(2)22-32-31(33(38)23-35)24-36(28-14-8-4-9-15-28)34(37(32)29-16-10-5-11-17-29)27-18-20-30(21-19-27)39-25-26-12-6-3-7-13-26/h3-21,34H,22-25H2,1-2H3. The number of carbonyl (C=O) groups is 1. The van der Waals surface area contributed by atoms with Crippen LogP contribution in [0.15, 0.2) is 127 Å². The second kappa shape index (κ2) is 10.5. The summed E-state index contributed by atoms with van der Waals surface area (Å²) in [6, 6.07) is 39.6. The van der Waals surface area contributed by atoms with E-state index in [1.165, 1.54) is 0 Å². The van der Waals surface area contributed by atoms with Crippen LogP contribution >= 0.6 is 0 Å². The summed E-state index contributed by atoms with van der Waals surface area (Å²) in [5, 5.41) is 0. The highest BCUT2D eigenvalue weighted by Gasteiger charge is 2.43. The molecule has 1 heterocycles. The van der Waals surface area contributed by atoms with Crippen LogP contribution in [0.2, 0.25) is 0 Å². The van der Waals surface area contributed by atoms with E-state index in [4.69, 9.17) is 4.74 Å². The molecule has 6 rings (SSSR count). The summed E-state index contributed by atoms with van der Waals surface area (Å²) in [5.41, 5.74) is 6.46. The molecule has 196 valence electrons. The van der Waals surface area contributed by atoms with Crippen molar-refractivity contribution in [1.29, 1.82) is 0 Å². The van der Waals surface area contributed by atoms with Crippen molar-refractivity contribution in [2.45, 2.75) is 39.5 Å². The maximum atomic E-state index is 13.5. The van der Waals surface area contributed by atoms with Gasteiger partial charge in [-0.1, -0.05) is 92.7 Å². The predicted molar refractivity (Wildman–Crippen MR) is 158 cm³/mol. The third-order valence-corrected chi connectivity index (χ3v) is 7.68. The number of ether oxygens (including phenoxy) is 1. The van der Waals surface area contributed by atoms with Gasteiger partial charge < -0.3 is 14.5 Å². The molecule has 0 radical (unpaired) electrons. The van der Waals surface area contributed by atoms with E-state index in [0.717, 1.165) is 45.9 Å². The number of para-hydroxylation sites is 2. The first-order valence-electron chi connectivity index (χ1n) is 13.7. The van der Waals surface area contributed by atoms with Gasteiger partial charge in [0.25, 0.3) is 0 Å². The molecule has 1 atom stereocenters. The minimum Gasteiger partial charge on any atom is -0.489 e. The van der Waals surface area contributed by atoms with Gasteiger partial charge in [0.15, 0.2) is 5.78 Å². The third kappa shape index (κ3) is 5.20. The zero-order chi connectivity index (χ0) is 26.8. The SMILES string of the molecule is CC1(C)CC(=O)C2=C(C1)N(c1ccccc1)C(c1ccc(OCc3ccccc3)cc1)N(c1ccccc1)C2. The molecule has 4 nitrogen and oxygen atoms in total. The monoisotopic (exact) mass is 514 g/mol. The zero-order valence-electron chi connectivity index (χ0n) is 22.6. The van der Waals surface area contributed by atoms with Gasteiger partial charge in [-0.2, -0.15) is 0 Å². The van der Waals surface area contributed by atoms with Crippen molar-refractivity contribution in [2.75, 3.05) is 16.3 Å². The summed E-state index contributed by atoms with van der Waals surface area (Å²) in [4.78, 5) is 18.3. The highest BCUT2D eigenvalue weighted by molar-refractivity contribution is 6.00. The number of rotatable bonds is 6. The van der Waals surface area contributed by atoms with E-state index in [0.29, 0.717) is 19.6 Å². The van der Waals surface area contributed by atoms with Crippen molar-refractivity contribution in [3.63, 3.8) is 0 Å². The van der Waals surface area contributed by atoms with E-state index in [1.807, 2.05) is 30.3 Å². The molecule has 0 spiro atoms. The van der Waals surface area contributed by atoms with Crippen molar-refractivity contribution in [2.24, 2.45) is 5.41 Å². The van der Waals surface area contributed by atoms with E-state index in [-0.39, 0.29) is 17.4 Å². The van der Waals surface area contributed by atoms with Crippen LogP contribution < -0.4 is 14.5 Å². The molecule has 0 bridgehead atoms. The summed E-state index contributed by atoms with van der Waals surface area (Å²) in [5.74, 6) is 1.09. The van der Waals surface area contributed by atoms with Crippen LogP contribution in [-0.2, 0) is 11.4 Å². The van der Waals surface area contributed by atoms with Gasteiger partial charge in [-0.05, 0) is 59.4 Å². The van der Waals surface area contributed by atoms with Crippen LogP contribution in [0.25, 0.3) is 0 Å². The smallest absolute Gasteiger partial charge is 0.162 e. The van der Waals surface area contributed by atoms with E-state index in [9.17, 15) is 4.79 Å². The maximum absolute atomic E-state index is 13.5. The van der Waals surface area contributed by atoms with Crippen LogP contribution in [-0.4, -0.2) is 12.3 Å². The topological polar surface area (TPSA) is 32.8 Å². The Bertz CT molecular complexity index is 1460. The fourth-order valence-corrected chi connectivity index (χ4v) is 5.82. The zero-order valence-corrected chi connectivity index (χ0v) is 22.6. The molecule has 39 heavy (non-hydrogen) atoms. The van der Waals surface area contributed by atoms with Crippen LogP contribution in [0.1, 0.15) is 44.0 Å². The fourth-order valence-electron chi connectivity index (χ4n) is 5.82. The normalized spacial score (nSPS) is 18.6. The molecule has 1 aliphatic carbocycles. The number of ketones is 1. The molecule has 0 fully saturated rings. The molecule has 0 saturated carbocycles. The highest BCUT2D eigenvalue weighted by Crippen LogP contribution is 2.48. The Morgan fingerprint density at radius 3 is 1.97 bits per heavy atom. The lowest BCUT2D eigenvalue weighted by atomic mass is 9.74. The lowest BCUT2D eigenvalue weighted by Crippen LogP contribution is -2.51. The predicted octanol–water partition coefficient (Wildman–Crippen LogP) is 7.93.